The van der Waals surface area contributed by atoms with Crippen molar-refractivity contribution in [3.8, 4) is 11.4 Å². The van der Waals surface area contributed by atoms with Crippen LogP contribution in [0.5, 0.6) is 5.75 Å². The first kappa shape index (κ1) is 27.4. The number of nitro groups is 1. The largest absolute Gasteiger partial charge is 0.497 e. The highest BCUT2D eigenvalue weighted by Crippen LogP contribution is 2.42. The summed E-state index contributed by atoms with van der Waals surface area (Å²) in [7, 11) is 1.61. The number of benzene rings is 3. The van der Waals surface area contributed by atoms with Crippen molar-refractivity contribution in [1.82, 2.24) is 9.47 Å². The number of nitro benzene ring substituents is 1. The lowest BCUT2D eigenvalue weighted by molar-refractivity contribution is -0.384. The molecule has 2 heterocycles. The van der Waals surface area contributed by atoms with E-state index in [0.717, 1.165) is 28.4 Å². The molecule has 1 aromatic heterocycles. The summed E-state index contributed by atoms with van der Waals surface area (Å²) in [6.07, 6.45) is 4.97. The van der Waals surface area contributed by atoms with Crippen LogP contribution in [0.1, 0.15) is 36.7 Å². The first-order chi connectivity index (χ1) is 19.8. The fraction of sp³-hybridized carbons (Fsp3) is 0.188. The number of rotatable bonds is 8. The molecule has 1 aliphatic heterocycles. The van der Waals surface area contributed by atoms with Crippen molar-refractivity contribution in [1.29, 1.82) is 0 Å². The normalized spacial score (nSPS) is 14.0. The van der Waals surface area contributed by atoms with Gasteiger partial charge >= 0.3 is 0 Å². The first-order valence-electron chi connectivity index (χ1n) is 13.2. The molecule has 1 atom stereocenters. The predicted octanol–water partition coefficient (Wildman–Crippen LogP) is 5.78. The summed E-state index contributed by atoms with van der Waals surface area (Å²) >= 11 is 0. The van der Waals surface area contributed by atoms with Crippen molar-refractivity contribution < 1.29 is 19.2 Å². The quantitative estimate of drug-likeness (QED) is 0.157. The molecule has 1 aliphatic rings. The van der Waals surface area contributed by atoms with Crippen molar-refractivity contribution in [3.05, 3.63) is 124 Å². The van der Waals surface area contributed by atoms with Gasteiger partial charge in [-0.25, -0.2) is 0 Å². The van der Waals surface area contributed by atoms with Crippen molar-refractivity contribution in [2.24, 2.45) is 0 Å². The Balaban J connectivity index is 1.46. The van der Waals surface area contributed by atoms with Crippen LogP contribution in [0.2, 0.25) is 0 Å². The third kappa shape index (κ3) is 5.47. The molecule has 0 spiro atoms. The molecular formula is C32H30N4O5. The number of nitrogens with zero attached hydrogens (tertiary/aromatic N) is 4. The molecule has 1 unspecified atom stereocenters. The summed E-state index contributed by atoms with van der Waals surface area (Å²) in [5.41, 5.74) is 4.09. The standard InChI is InChI=1S/C32H30N4O5/c1-22(2)34(30(37)19-12-23-10-15-25(16-11-23)36(39)40)21-31(38)35-28-8-5-4-7-27(28)33-20-6-9-29(33)32(35)24-13-17-26(41-3)18-14-24/h4-20,22,32H,21H2,1-3H3/b19-12+. The van der Waals surface area contributed by atoms with Crippen molar-refractivity contribution in [2.45, 2.75) is 25.9 Å². The van der Waals surface area contributed by atoms with Crippen LogP contribution >= 0.6 is 0 Å². The molecule has 0 saturated heterocycles. The van der Waals surface area contributed by atoms with Gasteiger partial charge in [0.1, 0.15) is 18.3 Å². The van der Waals surface area contributed by atoms with Gasteiger partial charge in [0, 0.05) is 30.4 Å². The van der Waals surface area contributed by atoms with Gasteiger partial charge in [0.25, 0.3) is 5.69 Å². The molecular weight excluding hydrogens is 520 g/mol. The Morgan fingerprint density at radius 2 is 1.66 bits per heavy atom. The molecule has 9 heteroatoms. The lowest BCUT2D eigenvalue weighted by atomic mass is 9.97. The Labute approximate surface area is 238 Å². The maximum Gasteiger partial charge on any atom is 0.269 e. The zero-order chi connectivity index (χ0) is 29.1. The number of carbonyl (C=O) groups is 2. The highest BCUT2D eigenvalue weighted by atomic mass is 16.6. The van der Waals surface area contributed by atoms with Crippen LogP contribution in [0, 0.1) is 10.1 Å². The molecule has 0 N–H and O–H groups in total. The number of anilines is 1. The van der Waals surface area contributed by atoms with Crippen LogP contribution in [0.25, 0.3) is 11.8 Å². The smallest absolute Gasteiger partial charge is 0.269 e. The SMILES string of the molecule is COc1ccc(C2c3cccn3-c3ccccc3N2C(=O)CN(C(=O)/C=C/c2ccc([N+](=O)[O-])cc2)C(C)C)cc1. The molecule has 5 rings (SSSR count). The van der Waals surface area contributed by atoms with Gasteiger partial charge in [0.2, 0.25) is 11.8 Å². The van der Waals surface area contributed by atoms with E-state index in [-0.39, 0.29) is 30.1 Å². The van der Waals surface area contributed by atoms with Crippen molar-refractivity contribution in [3.63, 3.8) is 0 Å². The van der Waals surface area contributed by atoms with Gasteiger partial charge in [-0.3, -0.25) is 24.6 Å². The number of aromatic nitrogens is 1. The first-order valence-corrected chi connectivity index (χ1v) is 13.2. The van der Waals surface area contributed by atoms with E-state index in [1.165, 1.54) is 23.1 Å². The molecule has 0 bridgehead atoms. The lowest BCUT2D eigenvalue weighted by Crippen LogP contribution is -2.48. The van der Waals surface area contributed by atoms with Gasteiger partial charge in [-0.1, -0.05) is 24.3 Å². The molecule has 0 aliphatic carbocycles. The second-order valence-corrected chi connectivity index (χ2v) is 9.97. The third-order valence-electron chi connectivity index (χ3n) is 7.15. The molecule has 9 nitrogen and oxygen atoms in total. The van der Waals surface area contributed by atoms with Gasteiger partial charge in [-0.2, -0.15) is 0 Å². The number of hydrogen-bond acceptors (Lipinski definition) is 5. The molecule has 0 fully saturated rings. The van der Waals surface area contributed by atoms with Crippen molar-refractivity contribution >= 4 is 29.3 Å². The van der Waals surface area contributed by atoms with E-state index in [1.807, 2.05) is 80.7 Å². The van der Waals surface area contributed by atoms with Gasteiger partial charge in [0.05, 0.1) is 29.1 Å². The number of methoxy groups -OCH3 is 1. The highest BCUT2D eigenvalue weighted by Gasteiger charge is 2.37. The molecule has 0 radical (unpaired) electrons. The Morgan fingerprint density at radius 3 is 2.29 bits per heavy atom. The van der Waals surface area contributed by atoms with Crippen LogP contribution in [0.15, 0.2) is 97.2 Å². The number of amides is 2. The maximum absolute atomic E-state index is 14.2. The summed E-state index contributed by atoms with van der Waals surface area (Å²) in [4.78, 5) is 41.3. The molecule has 2 amide bonds. The summed E-state index contributed by atoms with van der Waals surface area (Å²) in [5, 5.41) is 10.9. The van der Waals surface area contributed by atoms with Crippen LogP contribution in [0.4, 0.5) is 11.4 Å². The predicted molar refractivity (Wildman–Crippen MR) is 157 cm³/mol. The molecule has 41 heavy (non-hydrogen) atoms. The molecule has 208 valence electrons. The minimum Gasteiger partial charge on any atom is -0.497 e. The summed E-state index contributed by atoms with van der Waals surface area (Å²) in [6, 6.07) is 24.6. The van der Waals surface area contributed by atoms with E-state index in [2.05, 4.69) is 4.57 Å². The van der Waals surface area contributed by atoms with Gasteiger partial charge in [0.15, 0.2) is 0 Å². The maximum atomic E-state index is 14.2. The summed E-state index contributed by atoms with van der Waals surface area (Å²) < 4.78 is 7.44. The average molecular weight is 551 g/mol. The van der Waals surface area contributed by atoms with Crippen LogP contribution in [-0.2, 0) is 9.59 Å². The van der Waals surface area contributed by atoms with Crippen molar-refractivity contribution in [2.75, 3.05) is 18.6 Å². The number of hydrogen-bond donors (Lipinski definition) is 0. The Morgan fingerprint density at radius 1 is 0.976 bits per heavy atom. The average Bonchev–Trinajstić information content (AvgIpc) is 3.48. The number of ether oxygens (including phenoxy) is 1. The molecule has 3 aromatic carbocycles. The Bertz CT molecular complexity index is 1610. The van der Waals surface area contributed by atoms with E-state index in [1.54, 1.807) is 30.2 Å². The Hall–Kier alpha value is -5.18. The summed E-state index contributed by atoms with van der Waals surface area (Å²) in [5.74, 6) is 0.160. The topological polar surface area (TPSA) is 97.9 Å². The second kappa shape index (κ2) is 11.5. The van der Waals surface area contributed by atoms with Gasteiger partial charge in [-0.05, 0) is 79.6 Å². The summed E-state index contributed by atoms with van der Waals surface area (Å²) in [6.45, 7) is 3.59. The van der Waals surface area contributed by atoms with E-state index < -0.39 is 11.0 Å². The second-order valence-electron chi connectivity index (χ2n) is 9.97. The lowest BCUT2D eigenvalue weighted by Gasteiger charge is -2.40. The fourth-order valence-corrected chi connectivity index (χ4v) is 5.07. The van der Waals surface area contributed by atoms with Gasteiger partial charge in [-0.15, -0.1) is 0 Å². The van der Waals surface area contributed by atoms with Crippen LogP contribution < -0.4 is 9.64 Å². The molecule has 4 aromatic rings. The fourth-order valence-electron chi connectivity index (χ4n) is 5.07. The Kier molecular flexibility index (Phi) is 7.69. The number of para-hydroxylation sites is 2. The highest BCUT2D eigenvalue weighted by molar-refractivity contribution is 6.02. The number of carbonyl (C=O) groups excluding carboxylic acids is 2. The molecule has 0 saturated carbocycles. The van der Waals surface area contributed by atoms with E-state index in [9.17, 15) is 19.7 Å². The minimum atomic E-state index is -0.473. The van der Waals surface area contributed by atoms with Gasteiger partial charge < -0.3 is 14.2 Å². The number of fused-ring (bicyclic) bond motifs is 3. The van der Waals surface area contributed by atoms with Crippen LogP contribution in [0.3, 0.4) is 0 Å². The van der Waals surface area contributed by atoms with E-state index >= 15 is 0 Å². The van der Waals surface area contributed by atoms with E-state index in [0.29, 0.717) is 5.56 Å². The van der Waals surface area contributed by atoms with Crippen LogP contribution in [-0.4, -0.2) is 45.9 Å². The monoisotopic (exact) mass is 550 g/mol. The third-order valence-corrected chi connectivity index (χ3v) is 7.15. The number of non-ortho nitro benzene ring substituents is 1. The van der Waals surface area contributed by atoms with E-state index in [4.69, 9.17) is 4.74 Å². The minimum absolute atomic E-state index is 0.0257. The zero-order valence-corrected chi connectivity index (χ0v) is 23.0. The zero-order valence-electron chi connectivity index (χ0n) is 23.0.